The molecule has 0 spiro atoms. The molecule has 6 N–H and O–H groups in total. The number of nitrogen functional groups attached to an aromatic ring is 1. The average Bonchev–Trinajstić information content (AvgIpc) is 3.20. The van der Waals surface area contributed by atoms with Gasteiger partial charge in [0.2, 0.25) is 17.7 Å². The van der Waals surface area contributed by atoms with Gasteiger partial charge in [-0.25, -0.2) is 0 Å². The van der Waals surface area contributed by atoms with E-state index in [0.717, 1.165) is 44.0 Å². The van der Waals surface area contributed by atoms with Crippen molar-refractivity contribution in [3.05, 3.63) is 144 Å². The van der Waals surface area contributed by atoms with E-state index in [4.69, 9.17) is 15.2 Å². The molecule has 5 aromatic rings. The molecule has 10 nitrogen and oxygen atoms in total. The summed E-state index contributed by atoms with van der Waals surface area (Å²) in [7, 11) is 0. The van der Waals surface area contributed by atoms with Crippen molar-refractivity contribution in [2.24, 2.45) is 0 Å². The van der Waals surface area contributed by atoms with Crippen molar-refractivity contribution in [2.45, 2.75) is 69.2 Å². The highest BCUT2D eigenvalue weighted by atomic mass is 32.2. The minimum atomic E-state index is -0.612. The van der Waals surface area contributed by atoms with Crippen LogP contribution in [0.5, 0.6) is 0 Å². The average molecular weight is 759 g/mol. The van der Waals surface area contributed by atoms with Gasteiger partial charge in [-0.15, -0.1) is 11.8 Å². The van der Waals surface area contributed by atoms with Gasteiger partial charge in [-0.1, -0.05) is 72.8 Å². The van der Waals surface area contributed by atoms with E-state index >= 15 is 0 Å². The van der Waals surface area contributed by atoms with E-state index in [-0.39, 0.29) is 49.4 Å². The summed E-state index contributed by atoms with van der Waals surface area (Å²) < 4.78 is 13.2. The van der Waals surface area contributed by atoms with Gasteiger partial charge < -0.3 is 36.3 Å². The highest BCUT2D eigenvalue weighted by Crippen LogP contribution is 2.40. The Kier molecular flexibility index (Phi) is 13.7. The van der Waals surface area contributed by atoms with Crippen LogP contribution < -0.4 is 21.7 Å². The molecule has 55 heavy (non-hydrogen) atoms. The number of carbonyl (C=O) groups is 3. The number of aliphatic hydroxyl groups excluding tert-OH is 1. The first-order valence-corrected chi connectivity index (χ1v) is 19.3. The van der Waals surface area contributed by atoms with Gasteiger partial charge >= 0.3 is 0 Å². The van der Waals surface area contributed by atoms with E-state index in [1.54, 1.807) is 36.0 Å². The Morgan fingerprint density at radius 1 is 0.764 bits per heavy atom. The number of hydrogen-bond donors (Lipinski definition) is 5. The zero-order valence-corrected chi connectivity index (χ0v) is 31.5. The lowest BCUT2D eigenvalue weighted by Crippen LogP contribution is -2.31. The van der Waals surface area contributed by atoms with Crippen LogP contribution in [0.3, 0.4) is 0 Å². The number of carbonyl (C=O) groups excluding carboxylic acids is 3. The molecule has 3 amide bonds. The second-order valence-electron chi connectivity index (χ2n) is 13.5. The van der Waals surface area contributed by atoms with Crippen molar-refractivity contribution in [1.82, 2.24) is 5.32 Å². The number of aliphatic hydroxyl groups is 1. The van der Waals surface area contributed by atoms with E-state index in [0.29, 0.717) is 36.5 Å². The van der Waals surface area contributed by atoms with E-state index < -0.39 is 6.29 Å². The Hall–Kier alpha value is -5.46. The molecule has 3 unspecified atom stereocenters. The zero-order valence-electron chi connectivity index (χ0n) is 30.7. The van der Waals surface area contributed by atoms with Crippen LogP contribution >= 0.6 is 11.8 Å². The van der Waals surface area contributed by atoms with E-state index in [1.165, 1.54) is 6.92 Å². The van der Waals surface area contributed by atoms with Gasteiger partial charge in [0, 0.05) is 54.6 Å². The number of anilines is 3. The Morgan fingerprint density at radius 3 is 2.24 bits per heavy atom. The lowest BCUT2D eigenvalue weighted by molar-refractivity contribution is -0.245. The Bertz CT molecular complexity index is 2070. The smallest absolute Gasteiger partial charge is 0.224 e. The lowest BCUT2D eigenvalue weighted by Gasteiger charge is -2.36. The number of benzene rings is 5. The van der Waals surface area contributed by atoms with Crippen molar-refractivity contribution in [3.63, 3.8) is 0 Å². The summed E-state index contributed by atoms with van der Waals surface area (Å²) in [5.41, 5.74) is 13.4. The molecular formula is C44H46N4O6S. The molecule has 3 atom stereocenters. The largest absolute Gasteiger partial charge is 0.397 e. The minimum absolute atomic E-state index is 0.0237. The van der Waals surface area contributed by atoms with Crippen molar-refractivity contribution >= 4 is 46.5 Å². The molecule has 284 valence electrons. The highest BCUT2D eigenvalue weighted by Gasteiger charge is 2.32. The molecule has 1 saturated heterocycles. The maximum Gasteiger partial charge on any atom is 0.224 e. The van der Waals surface area contributed by atoms with Gasteiger partial charge in [0.25, 0.3) is 0 Å². The second-order valence-corrected chi connectivity index (χ2v) is 14.6. The Morgan fingerprint density at radius 2 is 1.49 bits per heavy atom. The number of amides is 3. The molecule has 6 rings (SSSR count). The van der Waals surface area contributed by atoms with Gasteiger partial charge in [0.15, 0.2) is 6.29 Å². The van der Waals surface area contributed by atoms with Crippen LogP contribution in [0.4, 0.5) is 17.1 Å². The molecule has 1 aliphatic heterocycles. The highest BCUT2D eigenvalue weighted by molar-refractivity contribution is 7.99. The summed E-state index contributed by atoms with van der Waals surface area (Å²) in [5.74, 6) is 0.288. The van der Waals surface area contributed by atoms with E-state index in [2.05, 4.69) is 28.1 Å². The van der Waals surface area contributed by atoms with Crippen LogP contribution in [0.2, 0.25) is 0 Å². The second kappa shape index (κ2) is 19.2. The van der Waals surface area contributed by atoms with Crippen LogP contribution in [-0.4, -0.2) is 34.7 Å². The van der Waals surface area contributed by atoms with Crippen molar-refractivity contribution in [3.8, 4) is 11.1 Å². The molecule has 1 aliphatic rings. The fraction of sp³-hybridized carbons (Fsp3) is 0.250. The number of para-hydroxylation sites is 2. The maximum atomic E-state index is 12.6. The third kappa shape index (κ3) is 11.5. The maximum absolute atomic E-state index is 12.6. The molecule has 0 saturated carbocycles. The van der Waals surface area contributed by atoms with Crippen LogP contribution in [-0.2, 0) is 37.0 Å². The molecule has 0 bridgehead atoms. The van der Waals surface area contributed by atoms with Crippen LogP contribution in [0, 0.1) is 0 Å². The van der Waals surface area contributed by atoms with Gasteiger partial charge in [-0.3, -0.25) is 14.4 Å². The number of rotatable bonds is 15. The van der Waals surface area contributed by atoms with Crippen molar-refractivity contribution in [1.29, 1.82) is 0 Å². The first-order chi connectivity index (χ1) is 26.7. The molecule has 1 fully saturated rings. The van der Waals surface area contributed by atoms with Crippen molar-refractivity contribution in [2.75, 3.05) is 22.1 Å². The van der Waals surface area contributed by atoms with Crippen molar-refractivity contribution < 1.29 is 29.0 Å². The summed E-state index contributed by atoms with van der Waals surface area (Å²) in [6.07, 6.45) is 0.587. The number of ether oxygens (including phenoxy) is 2. The summed E-state index contributed by atoms with van der Waals surface area (Å²) in [4.78, 5) is 37.5. The van der Waals surface area contributed by atoms with Crippen LogP contribution in [0.25, 0.3) is 11.1 Å². The summed E-state index contributed by atoms with van der Waals surface area (Å²) in [6, 6.07) is 38.9. The third-order valence-corrected chi connectivity index (χ3v) is 10.3. The van der Waals surface area contributed by atoms with Gasteiger partial charge in [0.1, 0.15) is 0 Å². The van der Waals surface area contributed by atoms with Gasteiger partial charge in [-0.05, 0) is 82.8 Å². The van der Waals surface area contributed by atoms with Crippen LogP contribution in [0.1, 0.15) is 67.3 Å². The first-order valence-electron chi connectivity index (χ1n) is 18.3. The molecule has 0 aliphatic carbocycles. The molecular weight excluding hydrogens is 713 g/mol. The van der Waals surface area contributed by atoms with E-state index in [1.807, 2.05) is 84.9 Å². The minimum Gasteiger partial charge on any atom is -0.397 e. The summed E-state index contributed by atoms with van der Waals surface area (Å²) in [5, 5.41) is 18.2. The number of thioether (sulfide) groups is 1. The molecule has 11 heteroatoms. The quantitative estimate of drug-likeness (QED) is 0.0530. The monoisotopic (exact) mass is 758 g/mol. The molecule has 0 aromatic heterocycles. The van der Waals surface area contributed by atoms with Crippen LogP contribution in [0.15, 0.2) is 126 Å². The number of nitrogens with one attached hydrogen (secondary N) is 3. The predicted octanol–water partition coefficient (Wildman–Crippen LogP) is 8.15. The van der Waals surface area contributed by atoms with E-state index in [9.17, 15) is 19.5 Å². The number of hydrogen-bond acceptors (Lipinski definition) is 8. The standard InChI is InChI=1S/C44H46N4O6S/c1-29(50)47-36-19-21-38(22-20-36)55-28-37-25-41(32-17-15-30(27-49)16-18-32)54-44(53-37)35-10-5-9-34(24-35)33-8-4-7-31(23-33)26-46-42(51)13-6-14-43(52)48-40-12-3-2-11-39(40)45/h2-5,7-12,15-24,37,41,44,49H,6,13-14,25-28,45H2,1H3,(H,46,51)(H,47,50)(H,48,52). The third-order valence-electron chi connectivity index (χ3n) is 9.18. The summed E-state index contributed by atoms with van der Waals surface area (Å²) in [6.45, 7) is 1.83. The normalized spacial score (nSPS) is 16.6. The first kappa shape index (κ1) is 39.2. The van der Waals surface area contributed by atoms with Gasteiger partial charge in [0.05, 0.1) is 30.2 Å². The molecule has 1 heterocycles. The molecule has 5 aromatic carbocycles. The number of nitrogens with two attached hydrogens (primary N) is 1. The van der Waals surface area contributed by atoms with Gasteiger partial charge in [-0.2, -0.15) is 0 Å². The SMILES string of the molecule is CC(=O)Nc1ccc(SCC2CC(c3ccc(CO)cc3)OC(c3cccc(-c4cccc(CNC(=O)CCCC(=O)Nc5ccccc5N)c4)c3)O2)cc1. The predicted molar refractivity (Wildman–Crippen MR) is 217 cm³/mol. The fourth-order valence-electron chi connectivity index (χ4n) is 6.30. The Labute approximate surface area is 325 Å². The Balaban J connectivity index is 1.08. The lowest BCUT2D eigenvalue weighted by atomic mass is 9.99. The fourth-order valence-corrected chi connectivity index (χ4v) is 7.22. The summed E-state index contributed by atoms with van der Waals surface area (Å²) >= 11 is 1.69. The topological polar surface area (TPSA) is 152 Å². The molecule has 0 radical (unpaired) electrons. The zero-order chi connectivity index (χ0) is 38.6.